The van der Waals surface area contributed by atoms with E-state index in [9.17, 15) is 0 Å². The van der Waals surface area contributed by atoms with E-state index >= 15 is 0 Å². The first-order chi connectivity index (χ1) is 7.90. The molecular formula is C12H19N3S. The summed E-state index contributed by atoms with van der Waals surface area (Å²) in [6.45, 7) is 0. The molecule has 1 atom stereocenters. The molecule has 1 fully saturated rings. The summed E-state index contributed by atoms with van der Waals surface area (Å²) in [5.41, 5.74) is 1.07. The van der Waals surface area contributed by atoms with Crippen LogP contribution in [0, 0.1) is 5.92 Å². The fourth-order valence-corrected chi connectivity index (χ4v) is 3.40. The number of hydrogen-bond acceptors (Lipinski definition) is 4. The molecule has 88 valence electrons. The average molecular weight is 237 g/mol. The van der Waals surface area contributed by atoms with Crippen molar-refractivity contribution in [3.63, 3.8) is 0 Å². The average Bonchev–Trinajstić information content (AvgIpc) is 2.38. The summed E-state index contributed by atoms with van der Waals surface area (Å²) in [6.07, 6.45) is 9.27. The van der Waals surface area contributed by atoms with E-state index in [1.807, 2.05) is 13.2 Å². The van der Waals surface area contributed by atoms with Crippen LogP contribution in [0.2, 0.25) is 0 Å². The molecule has 2 rings (SSSR count). The molecular weight excluding hydrogens is 218 g/mol. The second kappa shape index (κ2) is 6.21. The molecule has 1 unspecified atom stereocenters. The molecule has 0 radical (unpaired) electrons. The van der Waals surface area contributed by atoms with Crippen LogP contribution in [0.4, 0.5) is 0 Å². The lowest BCUT2D eigenvalue weighted by atomic mass is 9.93. The van der Waals surface area contributed by atoms with E-state index in [0.29, 0.717) is 6.04 Å². The lowest BCUT2D eigenvalue weighted by Crippen LogP contribution is -2.23. The number of nitrogens with zero attached hydrogens (tertiary/aromatic N) is 2. The molecule has 2 heterocycles. The Morgan fingerprint density at radius 2 is 2.25 bits per heavy atom. The van der Waals surface area contributed by atoms with Gasteiger partial charge in [-0.1, -0.05) is 0 Å². The first-order valence-electron chi connectivity index (χ1n) is 5.91. The topological polar surface area (TPSA) is 37.8 Å². The van der Waals surface area contributed by atoms with E-state index in [4.69, 9.17) is 0 Å². The van der Waals surface area contributed by atoms with Crippen LogP contribution in [0.1, 0.15) is 31.0 Å². The van der Waals surface area contributed by atoms with Gasteiger partial charge in [-0.3, -0.25) is 9.97 Å². The molecule has 3 nitrogen and oxygen atoms in total. The predicted molar refractivity (Wildman–Crippen MR) is 68.5 cm³/mol. The second-order valence-electron chi connectivity index (χ2n) is 4.26. The number of hydrogen-bond donors (Lipinski definition) is 1. The van der Waals surface area contributed by atoms with Crippen LogP contribution in [-0.2, 0) is 0 Å². The van der Waals surface area contributed by atoms with Gasteiger partial charge >= 0.3 is 0 Å². The SMILES string of the molecule is CNC(CC1CCSCC1)c1cnccn1. The number of thioether (sulfide) groups is 1. The van der Waals surface area contributed by atoms with Gasteiger partial charge in [-0.05, 0) is 43.7 Å². The van der Waals surface area contributed by atoms with Gasteiger partial charge in [0.2, 0.25) is 0 Å². The van der Waals surface area contributed by atoms with Crippen molar-refractivity contribution in [1.82, 2.24) is 15.3 Å². The Hall–Kier alpha value is -0.610. The number of nitrogens with one attached hydrogen (secondary N) is 1. The molecule has 0 aromatic carbocycles. The lowest BCUT2D eigenvalue weighted by molar-refractivity contribution is 0.379. The van der Waals surface area contributed by atoms with Crippen molar-refractivity contribution < 1.29 is 0 Å². The number of rotatable bonds is 4. The third-order valence-electron chi connectivity index (χ3n) is 3.20. The van der Waals surface area contributed by atoms with Crippen LogP contribution >= 0.6 is 11.8 Å². The summed E-state index contributed by atoms with van der Waals surface area (Å²) < 4.78 is 0. The zero-order valence-corrected chi connectivity index (χ0v) is 10.5. The third kappa shape index (κ3) is 3.19. The van der Waals surface area contributed by atoms with E-state index in [2.05, 4.69) is 27.0 Å². The summed E-state index contributed by atoms with van der Waals surface area (Å²) in [6, 6.07) is 0.363. The Morgan fingerprint density at radius 1 is 1.44 bits per heavy atom. The molecule has 0 aliphatic carbocycles. The molecule has 16 heavy (non-hydrogen) atoms. The molecule has 1 aromatic rings. The van der Waals surface area contributed by atoms with Crippen molar-refractivity contribution in [3.05, 3.63) is 24.3 Å². The maximum Gasteiger partial charge on any atom is 0.0756 e. The largest absolute Gasteiger partial charge is 0.312 e. The van der Waals surface area contributed by atoms with Gasteiger partial charge in [0.1, 0.15) is 0 Å². The van der Waals surface area contributed by atoms with Crippen LogP contribution in [0.3, 0.4) is 0 Å². The predicted octanol–water partition coefficient (Wildman–Crippen LogP) is 2.27. The molecule has 1 aromatic heterocycles. The molecule has 0 bridgehead atoms. The van der Waals surface area contributed by atoms with Gasteiger partial charge in [-0.2, -0.15) is 11.8 Å². The van der Waals surface area contributed by atoms with Crippen molar-refractivity contribution in [1.29, 1.82) is 0 Å². The summed E-state index contributed by atoms with van der Waals surface area (Å²) in [5.74, 6) is 3.49. The Labute approximate surface area is 101 Å². The van der Waals surface area contributed by atoms with Crippen LogP contribution in [0.25, 0.3) is 0 Å². The highest BCUT2D eigenvalue weighted by atomic mass is 32.2. The van der Waals surface area contributed by atoms with E-state index in [-0.39, 0.29) is 0 Å². The Bertz CT molecular complexity index is 298. The van der Waals surface area contributed by atoms with E-state index in [1.54, 1.807) is 12.4 Å². The summed E-state index contributed by atoms with van der Waals surface area (Å²) in [5, 5.41) is 3.36. The monoisotopic (exact) mass is 237 g/mol. The van der Waals surface area contributed by atoms with Crippen molar-refractivity contribution in [2.45, 2.75) is 25.3 Å². The standard InChI is InChI=1S/C12H19N3S/c1-13-11(12-9-14-4-5-15-12)8-10-2-6-16-7-3-10/h4-5,9-11,13H,2-3,6-8H2,1H3. The number of aromatic nitrogens is 2. The van der Waals surface area contributed by atoms with Crippen LogP contribution in [0.15, 0.2) is 18.6 Å². The van der Waals surface area contributed by atoms with Crippen LogP contribution in [-0.4, -0.2) is 28.5 Å². The summed E-state index contributed by atoms with van der Waals surface area (Å²) in [7, 11) is 2.01. The first kappa shape index (κ1) is 11.9. The van der Waals surface area contributed by atoms with Crippen molar-refractivity contribution in [2.75, 3.05) is 18.6 Å². The minimum Gasteiger partial charge on any atom is -0.312 e. The summed E-state index contributed by atoms with van der Waals surface area (Å²) >= 11 is 2.08. The zero-order chi connectivity index (χ0) is 11.2. The third-order valence-corrected chi connectivity index (χ3v) is 4.25. The minimum absolute atomic E-state index is 0.363. The molecule has 1 saturated heterocycles. The highest BCUT2D eigenvalue weighted by Crippen LogP contribution is 2.29. The van der Waals surface area contributed by atoms with Gasteiger partial charge in [0, 0.05) is 18.6 Å². The van der Waals surface area contributed by atoms with E-state index in [1.165, 1.54) is 30.8 Å². The van der Waals surface area contributed by atoms with Gasteiger partial charge in [-0.15, -0.1) is 0 Å². The van der Waals surface area contributed by atoms with Gasteiger partial charge in [-0.25, -0.2) is 0 Å². The van der Waals surface area contributed by atoms with E-state index < -0.39 is 0 Å². The van der Waals surface area contributed by atoms with Gasteiger partial charge < -0.3 is 5.32 Å². The maximum absolute atomic E-state index is 4.39. The molecule has 0 spiro atoms. The summed E-state index contributed by atoms with van der Waals surface area (Å²) in [4.78, 5) is 8.53. The van der Waals surface area contributed by atoms with Gasteiger partial charge in [0.15, 0.2) is 0 Å². The van der Waals surface area contributed by atoms with E-state index in [0.717, 1.165) is 11.6 Å². The fourth-order valence-electron chi connectivity index (χ4n) is 2.19. The molecule has 1 N–H and O–H groups in total. The van der Waals surface area contributed by atoms with Gasteiger partial charge in [0.05, 0.1) is 11.7 Å². The molecule has 0 amide bonds. The molecule has 4 heteroatoms. The Morgan fingerprint density at radius 3 is 2.88 bits per heavy atom. The Kier molecular flexibility index (Phi) is 4.60. The highest BCUT2D eigenvalue weighted by Gasteiger charge is 2.20. The zero-order valence-electron chi connectivity index (χ0n) is 9.72. The highest BCUT2D eigenvalue weighted by molar-refractivity contribution is 7.99. The van der Waals surface area contributed by atoms with Crippen LogP contribution in [0.5, 0.6) is 0 Å². The van der Waals surface area contributed by atoms with Crippen molar-refractivity contribution in [3.8, 4) is 0 Å². The Balaban J connectivity index is 1.94. The second-order valence-corrected chi connectivity index (χ2v) is 5.49. The quantitative estimate of drug-likeness (QED) is 0.872. The van der Waals surface area contributed by atoms with Crippen molar-refractivity contribution in [2.24, 2.45) is 5.92 Å². The van der Waals surface area contributed by atoms with Gasteiger partial charge in [0.25, 0.3) is 0 Å². The molecule has 1 aliphatic heterocycles. The lowest BCUT2D eigenvalue weighted by Gasteiger charge is -2.25. The normalized spacial score (nSPS) is 19.6. The van der Waals surface area contributed by atoms with Crippen molar-refractivity contribution >= 4 is 11.8 Å². The first-order valence-corrected chi connectivity index (χ1v) is 7.06. The maximum atomic E-state index is 4.39. The molecule has 1 aliphatic rings. The molecule has 0 saturated carbocycles. The fraction of sp³-hybridized carbons (Fsp3) is 0.667. The minimum atomic E-state index is 0.363. The smallest absolute Gasteiger partial charge is 0.0756 e. The van der Waals surface area contributed by atoms with Crippen LogP contribution < -0.4 is 5.32 Å².